The maximum Gasteiger partial charge on any atom is 0.235 e. The average Bonchev–Trinajstić information content (AvgIpc) is 2.53. The third-order valence-electron chi connectivity index (χ3n) is 2.74. The lowest BCUT2D eigenvalue weighted by molar-refractivity contribution is 0.457. The standard InChI is InChI=1S/C10H17NO/c1-9(11-8-12)6-7-10-4-2-3-5-10/h9-10H,2-7H2,1H3. The van der Waals surface area contributed by atoms with Gasteiger partial charge in [0.1, 0.15) is 0 Å². The SMILES string of the molecule is CC(CCC1CCCC1)N=C=O. The van der Waals surface area contributed by atoms with Gasteiger partial charge in [-0.05, 0) is 25.7 Å². The molecule has 2 heteroatoms. The molecule has 0 bridgehead atoms. The van der Waals surface area contributed by atoms with Gasteiger partial charge >= 0.3 is 0 Å². The first-order chi connectivity index (χ1) is 5.83. The second-order valence-corrected chi connectivity index (χ2v) is 3.80. The number of aliphatic imine (C=N–C) groups is 1. The highest BCUT2D eigenvalue weighted by Crippen LogP contribution is 2.29. The van der Waals surface area contributed by atoms with Crippen molar-refractivity contribution in [3.8, 4) is 0 Å². The summed E-state index contributed by atoms with van der Waals surface area (Å²) in [7, 11) is 0. The van der Waals surface area contributed by atoms with E-state index in [1.807, 2.05) is 6.92 Å². The van der Waals surface area contributed by atoms with Crippen molar-refractivity contribution in [1.29, 1.82) is 0 Å². The smallest absolute Gasteiger partial charge is 0.211 e. The van der Waals surface area contributed by atoms with Crippen LogP contribution in [0.4, 0.5) is 0 Å². The topological polar surface area (TPSA) is 29.4 Å². The van der Waals surface area contributed by atoms with Crippen molar-refractivity contribution in [2.45, 2.75) is 51.5 Å². The molecule has 0 aromatic heterocycles. The predicted octanol–water partition coefficient (Wildman–Crippen LogP) is 2.68. The van der Waals surface area contributed by atoms with Crippen molar-refractivity contribution in [3.05, 3.63) is 0 Å². The quantitative estimate of drug-likeness (QED) is 0.467. The largest absolute Gasteiger partial charge is 0.235 e. The zero-order valence-corrected chi connectivity index (χ0v) is 7.75. The molecule has 0 aromatic carbocycles. The first-order valence-corrected chi connectivity index (χ1v) is 4.90. The molecule has 2 nitrogen and oxygen atoms in total. The van der Waals surface area contributed by atoms with Gasteiger partial charge in [0, 0.05) is 0 Å². The molecule has 1 rings (SSSR count). The summed E-state index contributed by atoms with van der Waals surface area (Å²) in [6.45, 7) is 1.99. The zero-order valence-electron chi connectivity index (χ0n) is 7.75. The minimum Gasteiger partial charge on any atom is -0.211 e. The van der Waals surface area contributed by atoms with Gasteiger partial charge in [0.15, 0.2) is 0 Å². The number of isocyanates is 1. The number of carbonyl (C=O) groups excluding carboxylic acids is 1. The molecule has 0 radical (unpaired) electrons. The Labute approximate surface area is 74.1 Å². The summed E-state index contributed by atoms with van der Waals surface area (Å²) in [6, 6.07) is 0.183. The summed E-state index contributed by atoms with van der Waals surface area (Å²) in [6.07, 6.45) is 9.49. The van der Waals surface area contributed by atoms with Crippen LogP contribution in [0, 0.1) is 5.92 Å². The molecule has 0 saturated heterocycles. The molecule has 68 valence electrons. The van der Waals surface area contributed by atoms with Gasteiger partial charge in [-0.15, -0.1) is 0 Å². The second kappa shape index (κ2) is 5.10. The molecule has 1 atom stereocenters. The predicted molar refractivity (Wildman–Crippen MR) is 48.8 cm³/mol. The van der Waals surface area contributed by atoms with Crippen LogP contribution in [0.2, 0.25) is 0 Å². The van der Waals surface area contributed by atoms with E-state index in [0.717, 1.165) is 12.3 Å². The lowest BCUT2D eigenvalue weighted by atomic mass is 9.99. The van der Waals surface area contributed by atoms with Crippen LogP contribution in [0.15, 0.2) is 4.99 Å². The Bertz CT molecular complexity index is 167. The molecule has 0 N–H and O–H groups in total. The molecule has 0 amide bonds. The van der Waals surface area contributed by atoms with Gasteiger partial charge in [-0.1, -0.05) is 25.7 Å². The van der Waals surface area contributed by atoms with Crippen molar-refractivity contribution < 1.29 is 4.79 Å². The van der Waals surface area contributed by atoms with Crippen LogP contribution >= 0.6 is 0 Å². The van der Waals surface area contributed by atoms with Crippen LogP contribution in [0.25, 0.3) is 0 Å². The Morgan fingerprint density at radius 3 is 2.75 bits per heavy atom. The number of hydrogen-bond donors (Lipinski definition) is 0. The van der Waals surface area contributed by atoms with Gasteiger partial charge in [-0.2, -0.15) is 0 Å². The van der Waals surface area contributed by atoms with Crippen LogP contribution in [-0.2, 0) is 4.79 Å². The minimum absolute atomic E-state index is 0.183. The number of nitrogens with zero attached hydrogens (tertiary/aromatic N) is 1. The lowest BCUT2D eigenvalue weighted by Gasteiger charge is -2.09. The van der Waals surface area contributed by atoms with Crippen LogP contribution in [0.5, 0.6) is 0 Å². The van der Waals surface area contributed by atoms with E-state index in [4.69, 9.17) is 0 Å². The molecule has 0 aliphatic heterocycles. The van der Waals surface area contributed by atoms with Crippen molar-refractivity contribution in [2.75, 3.05) is 0 Å². The minimum atomic E-state index is 0.183. The maximum absolute atomic E-state index is 9.92. The van der Waals surface area contributed by atoms with Gasteiger partial charge in [0.25, 0.3) is 0 Å². The van der Waals surface area contributed by atoms with Crippen LogP contribution in [-0.4, -0.2) is 12.1 Å². The van der Waals surface area contributed by atoms with E-state index in [0.29, 0.717) is 0 Å². The van der Waals surface area contributed by atoms with Crippen molar-refractivity contribution >= 4 is 6.08 Å². The monoisotopic (exact) mass is 167 g/mol. The Morgan fingerprint density at radius 1 is 1.50 bits per heavy atom. The lowest BCUT2D eigenvalue weighted by Crippen LogP contribution is -2.01. The van der Waals surface area contributed by atoms with E-state index in [-0.39, 0.29) is 6.04 Å². The average molecular weight is 167 g/mol. The first-order valence-electron chi connectivity index (χ1n) is 4.90. The third-order valence-corrected chi connectivity index (χ3v) is 2.74. The van der Waals surface area contributed by atoms with E-state index in [9.17, 15) is 4.79 Å². The molecule has 0 heterocycles. The molecular weight excluding hydrogens is 150 g/mol. The first kappa shape index (κ1) is 9.47. The van der Waals surface area contributed by atoms with Gasteiger partial charge in [0.05, 0.1) is 6.04 Å². The molecule has 1 aliphatic carbocycles. The summed E-state index contributed by atoms with van der Waals surface area (Å²) in [5, 5.41) is 0. The van der Waals surface area contributed by atoms with E-state index in [1.165, 1.54) is 32.1 Å². The second-order valence-electron chi connectivity index (χ2n) is 3.80. The fraction of sp³-hybridized carbons (Fsp3) is 0.900. The summed E-state index contributed by atoms with van der Waals surface area (Å²) in [4.78, 5) is 13.6. The highest BCUT2D eigenvalue weighted by Gasteiger charge is 2.15. The summed E-state index contributed by atoms with van der Waals surface area (Å²) >= 11 is 0. The highest BCUT2D eigenvalue weighted by molar-refractivity contribution is 5.33. The molecule has 1 saturated carbocycles. The van der Waals surface area contributed by atoms with E-state index in [2.05, 4.69) is 4.99 Å². The maximum atomic E-state index is 9.92. The molecule has 1 unspecified atom stereocenters. The fourth-order valence-corrected chi connectivity index (χ4v) is 1.93. The third kappa shape index (κ3) is 3.19. The van der Waals surface area contributed by atoms with E-state index < -0.39 is 0 Å². The Morgan fingerprint density at radius 2 is 2.17 bits per heavy atom. The molecular formula is C10H17NO. The molecule has 0 spiro atoms. The number of rotatable bonds is 4. The van der Waals surface area contributed by atoms with Gasteiger partial charge in [0.2, 0.25) is 6.08 Å². The van der Waals surface area contributed by atoms with Crippen LogP contribution in [0.3, 0.4) is 0 Å². The molecule has 1 fully saturated rings. The van der Waals surface area contributed by atoms with E-state index in [1.54, 1.807) is 6.08 Å². The van der Waals surface area contributed by atoms with E-state index >= 15 is 0 Å². The van der Waals surface area contributed by atoms with Gasteiger partial charge in [-0.3, -0.25) is 0 Å². The van der Waals surface area contributed by atoms with Gasteiger partial charge < -0.3 is 0 Å². The molecule has 12 heavy (non-hydrogen) atoms. The van der Waals surface area contributed by atoms with Crippen LogP contribution in [0.1, 0.15) is 45.4 Å². The summed E-state index contributed by atoms with van der Waals surface area (Å²) in [5.74, 6) is 0.911. The Balaban J connectivity index is 2.11. The van der Waals surface area contributed by atoms with Crippen molar-refractivity contribution in [2.24, 2.45) is 10.9 Å². The Hall–Kier alpha value is -0.620. The summed E-state index contributed by atoms with van der Waals surface area (Å²) in [5.41, 5.74) is 0. The van der Waals surface area contributed by atoms with Gasteiger partial charge in [-0.25, -0.2) is 9.79 Å². The molecule has 1 aliphatic rings. The van der Waals surface area contributed by atoms with Crippen LogP contribution < -0.4 is 0 Å². The highest BCUT2D eigenvalue weighted by atomic mass is 16.1. The van der Waals surface area contributed by atoms with Crippen molar-refractivity contribution in [1.82, 2.24) is 0 Å². The Kier molecular flexibility index (Phi) is 4.02. The van der Waals surface area contributed by atoms with Crippen molar-refractivity contribution in [3.63, 3.8) is 0 Å². The molecule has 0 aromatic rings. The zero-order chi connectivity index (χ0) is 8.81. The number of hydrogen-bond acceptors (Lipinski definition) is 2. The summed E-state index contributed by atoms with van der Waals surface area (Å²) < 4.78 is 0. The normalized spacial score (nSPS) is 20.4. The fourth-order valence-electron chi connectivity index (χ4n) is 1.93.